The molecule has 0 amide bonds. The second-order valence-corrected chi connectivity index (χ2v) is 6.57. The van der Waals surface area contributed by atoms with Gasteiger partial charge in [0, 0.05) is 36.3 Å². The van der Waals surface area contributed by atoms with Gasteiger partial charge in [-0.25, -0.2) is 4.98 Å². The summed E-state index contributed by atoms with van der Waals surface area (Å²) in [6, 6.07) is 11.8. The Hall–Kier alpha value is -2.73. The molecule has 130 valence electrons. The number of phenols is 1. The molecule has 0 spiro atoms. The zero-order valence-electron chi connectivity index (χ0n) is 14.6. The number of ether oxygens (including phenoxy) is 2. The number of hydrogen-bond donors (Lipinski definition) is 1. The van der Waals surface area contributed by atoms with Gasteiger partial charge in [0.2, 0.25) is 5.75 Å². The minimum atomic E-state index is -0.00944. The Morgan fingerprint density at radius 1 is 0.960 bits per heavy atom. The van der Waals surface area contributed by atoms with Crippen molar-refractivity contribution in [1.82, 2.24) is 4.98 Å². The Labute approximate surface area is 151 Å². The molecule has 3 rings (SSSR count). The van der Waals surface area contributed by atoms with E-state index in [2.05, 4.69) is 29.2 Å². The number of thiazole rings is 1. The Kier molecular flexibility index (Phi) is 4.81. The van der Waals surface area contributed by atoms with Crippen LogP contribution in [0, 0.1) is 0 Å². The van der Waals surface area contributed by atoms with Gasteiger partial charge in [-0.2, -0.15) is 0 Å². The summed E-state index contributed by atoms with van der Waals surface area (Å²) in [5.41, 5.74) is 3.96. The highest BCUT2D eigenvalue weighted by atomic mass is 32.1. The molecule has 1 aromatic heterocycles. The average molecular weight is 356 g/mol. The predicted molar refractivity (Wildman–Crippen MR) is 102 cm³/mol. The lowest BCUT2D eigenvalue weighted by Crippen LogP contribution is -2.07. The van der Waals surface area contributed by atoms with Crippen molar-refractivity contribution >= 4 is 17.0 Å². The first kappa shape index (κ1) is 17.1. The smallest absolute Gasteiger partial charge is 0.200 e. The van der Waals surface area contributed by atoms with E-state index in [1.54, 1.807) is 12.1 Å². The highest BCUT2D eigenvalue weighted by Gasteiger charge is 2.15. The Balaban J connectivity index is 1.96. The Bertz CT molecular complexity index is 848. The normalized spacial score (nSPS) is 10.6. The van der Waals surface area contributed by atoms with Crippen LogP contribution in [0.3, 0.4) is 0 Å². The number of phenolic OH excluding ortho intramolecular Hbond substituents is 1. The van der Waals surface area contributed by atoms with E-state index in [9.17, 15) is 5.11 Å². The molecule has 0 aliphatic rings. The van der Waals surface area contributed by atoms with Gasteiger partial charge in [-0.15, -0.1) is 11.3 Å². The minimum Gasteiger partial charge on any atom is -0.502 e. The number of benzene rings is 2. The van der Waals surface area contributed by atoms with Crippen LogP contribution in [-0.4, -0.2) is 38.4 Å². The fourth-order valence-corrected chi connectivity index (χ4v) is 3.30. The highest BCUT2D eigenvalue weighted by molar-refractivity contribution is 7.13. The molecule has 0 bridgehead atoms. The third-order valence-electron chi connectivity index (χ3n) is 3.91. The molecule has 25 heavy (non-hydrogen) atoms. The van der Waals surface area contributed by atoms with Crippen molar-refractivity contribution in [3.8, 4) is 39.1 Å². The number of nitrogens with zero attached hydrogens (tertiary/aromatic N) is 2. The van der Waals surface area contributed by atoms with Gasteiger partial charge in [0.15, 0.2) is 11.5 Å². The van der Waals surface area contributed by atoms with E-state index in [-0.39, 0.29) is 5.75 Å². The Morgan fingerprint density at radius 3 is 2.08 bits per heavy atom. The molecule has 0 fully saturated rings. The lowest BCUT2D eigenvalue weighted by Gasteiger charge is -2.12. The predicted octanol–water partition coefficient (Wildman–Crippen LogP) is 4.27. The second kappa shape index (κ2) is 7.03. The van der Waals surface area contributed by atoms with Crippen molar-refractivity contribution in [1.29, 1.82) is 0 Å². The molecule has 0 radical (unpaired) electrons. The minimum absolute atomic E-state index is 0.00944. The first-order valence-corrected chi connectivity index (χ1v) is 8.60. The van der Waals surface area contributed by atoms with Gasteiger partial charge < -0.3 is 19.5 Å². The molecule has 0 saturated heterocycles. The summed E-state index contributed by atoms with van der Waals surface area (Å²) < 4.78 is 10.4. The molecular weight excluding hydrogens is 336 g/mol. The number of aromatic hydroxyl groups is 1. The van der Waals surface area contributed by atoms with Crippen LogP contribution >= 0.6 is 11.3 Å². The topological polar surface area (TPSA) is 54.8 Å². The number of methoxy groups -OCH3 is 2. The lowest BCUT2D eigenvalue weighted by atomic mass is 10.1. The van der Waals surface area contributed by atoms with E-state index in [1.807, 2.05) is 19.5 Å². The van der Waals surface area contributed by atoms with Gasteiger partial charge in [0.25, 0.3) is 0 Å². The van der Waals surface area contributed by atoms with Crippen LogP contribution in [0.2, 0.25) is 0 Å². The van der Waals surface area contributed by atoms with E-state index in [0.717, 1.165) is 27.5 Å². The van der Waals surface area contributed by atoms with Crippen LogP contribution in [0.5, 0.6) is 17.2 Å². The molecule has 2 aromatic carbocycles. The van der Waals surface area contributed by atoms with Gasteiger partial charge in [0.1, 0.15) is 5.01 Å². The monoisotopic (exact) mass is 356 g/mol. The average Bonchev–Trinajstić information content (AvgIpc) is 3.12. The number of rotatable bonds is 5. The largest absolute Gasteiger partial charge is 0.502 e. The van der Waals surface area contributed by atoms with Crippen molar-refractivity contribution in [3.05, 3.63) is 41.8 Å². The quantitative estimate of drug-likeness (QED) is 0.740. The third kappa shape index (κ3) is 3.39. The third-order valence-corrected chi connectivity index (χ3v) is 4.80. The summed E-state index contributed by atoms with van der Waals surface area (Å²) in [5.74, 6) is 0.715. The first-order valence-electron chi connectivity index (χ1n) is 7.72. The molecule has 0 atom stereocenters. The van der Waals surface area contributed by atoms with Crippen LogP contribution < -0.4 is 14.4 Å². The second-order valence-electron chi connectivity index (χ2n) is 5.71. The highest BCUT2D eigenvalue weighted by Crippen LogP contribution is 2.41. The van der Waals surface area contributed by atoms with Crippen molar-refractivity contribution < 1.29 is 14.6 Å². The summed E-state index contributed by atoms with van der Waals surface area (Å²) in [6.07, 6.45) is 0. The molecule has 3 aromatic rings. The summed E-state index contributed by atoms with van der Waals surface area (Å²) in [4.78, 5) is 6.78. The maximum Gasteiger partial charge on any atom is 0.200 e. The summed E-state index contributed by atoms with van der Waals surface area (Å²) >= 11 is 1.54. The van der Waals surface area contributed by atoms with Crippen molar-refractivity contribution in [2.24, 2.45) is 0 Å². The summed E-state index contributed by atoms with van der Waals surface area (Å²) in [7, 11) is 7.05. The molecule has 1 N–H and O–H groups in total. The molecule has 5 nitrogen and oxygen atoms in total. The maximum atomic E-state index is 10.0. The van der Waals surface area contributed by atoms with E-state index in [0.29, 0.717) is 11.5 Å². The van der Waals surface area contributed by atoms with Crippen LogP contribution in [0.15, 0.2) is 41.8 Å². The summed E-state index contributed by atoms with van der Waals surface area (Å²) in [5, 5.41) is 12.9. The molecule has 0 unspecified atom stereocenters. The zero-order chi connectivity index (χ0) is 18.0. The van der Waals surface area contributed by atoms with Crippen LogP contribution in [0.25, 0.3) is 21.8 Å². The van der Waals surface area contributed by atoms with Crippen LogP contribution in [0.4, 0.5) is 5.69 Å². The zero-order valence-corrected chi connectivity index (χ0v) is 15.4. The van der Waals surface area contributed by atoms with Gasteiger partial charge >= 0.3 is 0 Å². The molecule has 0 saturated carbocycles. The van der Waals surface area contributed by atoms with Gasteiger partial charge in [-0.05, 0) is 24.3 Å². The summed E-state index contributed by atoms with van der Waals surface area (Å²) in [6.45, 7) is 0. The van der Waals surface area contributed by atoms with E-state index < -0.39 is 0 Å². The van der Waals surface area contributed by atoms with E-state index >= 15 is 0 Å². The van der Waals surface area contributed by atoms with Crippen molar-refractivity contribution in [3.63, 3.8) is 0 Å². The van der Waals surface area contributed by atoms with Gasteiger partial charge in [-0.1, -0.05) is 12.1 Å². The van der Waals surface area contributed by atoms with Gasteiger partial charge in [0.05, 0.1) is 19.9 Å². The standard InChI is InChI=1S/C19H20N2O3S/c1-21(2)14-7-5-12(6-8-14)15-11-25-19(20-15)13-9-16(23-3)18(22)17(10-13)24-4/h5-11,22H,1-4H3. The van der Waals surface area contributed by atoms with Crippen molar-refractivity contribution in [2.45, 2.75) is 0 Å². The fourth-order valence-electron chi connectivity index (χ4n) is 2.49. The first-order chi connectivity index (χ1) is 12.0. The SMILES string of the molecule is COc1cc(-c2nc(-c3ccc(N(C)C)cc3)cs2)cc(OC)c1O. The lowest BCUT2D eigenvalue weighted by molar-refractivity contribution is 0.340. The number of hydrogen-bond acceptors (Lipinski definition) is 6. The molecule has 1 heterocycles. The molecular formula is C19H20N2O3S. The van der Waals surface area contributed by atoms with Crippen molar-refractivity contribution in [2.75, 3.05) is 33.2 Å². The molecule has 6 heteroatoms. The van der Waals surface area contributed by atoms with Crippen LogP contribution in [-0.2, 0) is 0 Å². The fraction of sp³-hybridized carbons (Fsp3) is 0.211. The van der Waals surface area contributed by atoms with Gasteiger partial charge in [-0.3, -0.25) is 0 Å². The number of anilines is 1. The molecule has 0 aliphatic heterocycles. The van der Waals surface area contributed by atoms with Crippen LogP contribution in [0.1, 0.15) is 0 Å². The van der Waals surface area contributed by atoms with E-state index in [4.69, 9.17) is 14.5 Å². The van der Waals surface area contributed by atoms with E-state index in [1.165, 1.54) is 25.6 Å². The Morgan fingerprint density at radius 2 is 1.56 bits per heavy atom. The number of aromatic nitrogens is 1. The maximum absolute atomic E-state index is 10.0. The molecule has 0 aliphatic carbocycles.